The fourth-order valence-corrected chi connectivity index (χ4v) is 4.02. The van der Waals surface area contributed by atoms with Crippen LogP contribution in [0.5, 0.6) is 0 Å². The standard InChI is InChI=1S/C15H17Br2NO3/c16-11-6-10(7-12(17)8-11)13(19)18-9-15(14(20)21)4-2-1-3-5-15/h6-8H,1-5,9H2,(H,18,19)(H,20,21). The number of nitrogens with one attached hydrogen (secondary N) is 1. The van der Waals surface area contributed by atoms with Crippen LogP contribution < -0.4 is 5.32 Å². The van der Waals surface area contributed by atoms with E-state index in [1.165, 1.54) is 0 Å². The third kappa shape index (κ3) is 4.07. The number of hydrogen-bond acceptors (Lipinski definition) is 2. The van der Waals surface area contributed by atoms with Crippen molar-refractivity contribution < 1.29 is 14.7 Å². The van der Waals surface area contributed by atoms with Gasteiger partial charge in [0.25, 0.3) is 5.91 Å². The minimum absolute atomic E-state index is 0.186. The SMILES string of the molecule is O=C(NCC1(C(=O)O)CCCCC1)c1cc(Br)cc(Br)c1. The molecule has 2 rings (SSSR count). The van der Waals surface area contributed by atoms with Gasteiger partial charge >= 0.3 is 5.97 Å². The van der Waals surface area contributed by atoms with E-state index in [0.29, 0.717) is 18.4 Å². The molecule has 0 aromatic heterocycles. The molecule has 1 aliphatic rings. The van der Waals surface area contributed by atoms with Crippen molar-refractivity contribution in [1.82, 2.24) is 5.32 Å². The Kier molecular flexibility index (Phi) is 5.43. The van der Waals surface area contributed by atoms with E-state index in [1.54, 1.807) is 12.1 Å². The number of aliphatic carboxylic acids is 1. The Morgan fingerprint density at radius 3 is 2.19 bits per heavy atom. The fraction of sp³-hybridized carbons (Fsp3) is 0.467. The molecular weight excluding hydrogens is 402 g/mol. The average Bonchev–Trinajstić information content (AvgIpc) is 2.44. The lowest BCUT2D eigenvalue weighted by Gasteiger charge is -2.33. The summed E-state index contributed by atoms with van der Waals surface area (Å²) >= 11 is 6.68. The molecule has 0 radical (unpaired) electrons. The maximum absolute atomic E-state index is 12.2. The number of carboxylic acid groups (broad SMARTS) is 1. The zero-order valence-electron chi connectivity index (χ0n) is 11.5. The fourth-order valence-electron chi connectivity index (χ4n) is 2.73. The maximum atomic E-state index is 12.2. The molecule has 1 aromatic rings. The smallest absolute Gasteiger partial charge is 0.311 e. The van der Waals surface area contributed by atoms with Crippen molar-refractivity contribution in [3.05, 3.63) is 32.7 Å². The lowest BCUT2D eigenvalue weighted by atomic mass is 9.74. The summed E-state index contributed by atoms with van der Waals surface area (Å²) in [6.45, 7) is 0.186. The summed E-state index contributed by atoms with van der Waals surface area (Å²) in [5, 5.41) is 12.3. The second kappa shape index (κ2) is 6.92. The first-order chi connectivity index (χ1) is 9.93. The van der Waals surface area contributed by atoms with E-state index in [2.05, 4.69) is 37.2 Å². The lowest BCUT2D eigenvalue weighted by molar-refractivity contribution is -0.150. The minimum atomic E-state index is -0.808. The van der Waals surface area contributed by atoms with Crippen LogP contribution in [0.1, 0.15) is 42.5 Å². The van der Waals surface area contributed by atoms with Gasteiger partial charge in [-0.15, -0.1) is 0 Å². The first-order valence-electron chi connectivity index (χ1n) is 6.91. The van der Waals surface area contributed by atoms with E-state index < -0.39 is 11.4 Å². The summed E-state index contributed by atoms with van der Waals surface area (Å²) < 4.78 is 1.60. The zero-order valence-corrected chi connectivity index (χ0v) is 14.7. The molecule has 1 aromatic carbocycles. The van der Waals surface area contributed by atoms with E-state index >= 15 is 0 Å². The Bertz CT molecular complexity index is 534. The highest BCUT2D eigenvalue weighted by molar-refractivity contribution is 9.11. The number of carbonyl (C=O) groups is 2. The van der Waals surface area contributed by atoms with Crippen molar-refractivity contribution in [3.8, 4) is 0 Å². The Hall–Kier alpha value is -0.880. The summed E-state index contributed by atoms with van der Waals surface area (Å²) in [6, 6.07) is 5.28. The molecule has 6 heteroatoms. The van der Waals surface area contributed by atoms with Crippen molar-refractivity contribution in [2.45, 2.75) is 32.1 Å². The second-order valence-electron chi connectivity index (χ2n) is 5.49. The number of hydrogen-bond donors (Lipinski definition) is 2. The van der Waals surface area contributed by atoms with Gasteiger partial charge in [0.1, 0.15) is 0 Å². The van der Waals surface area contributed by atoms with Gasteiger partial charge in [-0.1, -0.05) is 51.1 Å². The Labute approximate surface area is 140 Å². The third-order valence-corrected chi connectivity index (χ3v) is 4.89. The van der Waals surface area contributed by atoms with Crippen LogP contribution in [0.4, 0.5) is 0 Å². The molecule has 0 spiro atoms. The monoisotopic (exact) mass is 417 g/mol. The van der Waals surface area contributed by atoms with Crippen LogP contribution in [-0.4, -0.2) is 23.5 Å². The van der Waals surface area contributed by atoms with Gasteiger partial charge in [-0.25, -0.2) is 0 Å². The van der Waals surface area contributed by atoms with Gasteiger partial charge in [0.15, 0.2) is 0 Å². The van der Waals surface area contributed by atoms with E-state index in [-0.39, 0.29) is 12.5 Å². The lowest BCUT2D eigenvalue weighted by Crippen LogP contribution is -2.44. The molecular formula is C15H17Br2NO3. The van der Waals surface area contributed by atoms with Crippen LogP contribution in [0.2, 0.25) is 0 Å². The maximum Gasteiger partial charge on any atom is 0.311 e. The molecule has 21 heavy (non-hydrogen) atoms. The number of rotatable bonds is 4. The predicted molar refractivity (Wildman–Crippen MR) is 87.3 cm³/mol. The normalized spacial score (nSPS) is 17.2. The van der Waals surface area contributed by atoms with Crippen molar-refractivity contribution >= 4 is 43.7 Å². The molecule has 0 atom stereocenters. The van der Waals surface area contributed by atoms with Crippen molar-refractivity contribution in [1.29, 1.82) is 0 Å². The van der Waals surface area contributed by atoms with Gasteiger partial charge < -0.3 is 10.4 Å². The zero-order chi connectivity index (χ0) is 15.5. The molecule has 4 nitrogen and oxygen atoms in total. The first kappa shape index (κ1) is 16.5. The largest absolute Gasteiger partial charge is 0.481 e. The van der Waals surface area contributed by atoms with Gasteiger partial charge in [0.2, 0.25) is 0 Å². The molecule has 1 saturated carbocycles. The third-order valence-electron chi connectivity index (χ3n) is 3.98. The highest BCUT2D eigenvalue weighted by Crippen LogP contribution is 2.36. The van der Waals surface area contributed by atoms with E-state index in [1.807, 2.05) is 6.07 Å². The molecule has 114 valence electrons. The Balaban J connectivity index is 2.06. The summed E-state index contributed by atoms with van der Waals surface area (Å²) in [4.78, 5) is 23.8. The van der Waals surface area contributed by atoms with Crippen molar-refractivity contribution in [3.63, 3.8) is 0 Å². The van der Waals surface area contributed by atoms with Crippen molar-refractivity contribution in [2.24, 2.45) is 5.41 Å². The molecule has 1 aliphatic carbocycles. The van der Waals surface area contributed by atoms with E-state index in [0.717, 1.165) is 28.2 Å². The molecule has 0 unspecified atom stereocenters. The number of halogens is 2. The predicted octanol–water partition coefficient (Wildman–Crippen LogP) is 3.98. The summed E-state index contributed by atoms with van der Waals surface area (Å²) in [7, 11) is 0. The minimum Gasteiger partial charge on any atom is -0.481 e. The van der Waals surface area contributed by atoms with Crippen molar-refractivity contribution in [2.75, 3.05) is 6.54 Å². The van der Waals surface area contributed by atoms with Crippen LogP contribution >= 0.6 is 31.9 Å². The van der Waals surface area contributed by atoms with E-state index in [4.69, 9.17) is 0 Å². The second-order valence-corrected chi connectivity index (χ2v) is 7.32. The molecule has 0 heterocycles. The van der Waals surface area contributed by atoms with Crippen LogP contribution in [0, 0.1) is 5.41 Å². The number of amides is 1. The molecule has 2 N–H and O–H groups in total. The van der Waals surface area contributed by atoms with Crippen LogP contribution in [0.3, 0.4) is 0 Å². The number of carboxylic acids is 1. The van der Waals surface area contributed by atoms with Gasteiger partial charge in [-0.2, -0.15) is 0 Å². The number of benzene rings is 1. The highest BCUT2D eigenvalue weighted by Gasteiger charge is 2.39. The van der Waals surface area contributed by atoms with Gasteiger partial charge in [-0.05, 0) is 31.0 Å². The first-order valence-corrected chi connectivity index (χ1v) is 8.49. The van der Waals surface area contributed by atoms with Crippen LogP contribution in [0.25, 0.3) is 0 Å². The summed E-state index contributed by atoms with van der Waals surface area (Å²) in [6.07, 6.45) is 4.15. The van der Waals surface area contributed by atoms with Crippen LogP contribution in [0.15, 0.2) is 27.1 Å². The average molecular weight is 419 g/mol. The van der Waals surface area contributed by atoms with Crippen LogP contribution in [-0.2, 0) is 4.79 Å². The van der Waals surface area contributed by atoms with E-state index in [9.17, 15) is 14.7 Å². The van der Waals surface area contributed by atoms with Gasteiger partial charge in [-0.3, -0.25) is 9.59 Å². The Morgan fingerprint density at radius 1 is 1.10 bits per heavy atom. The molecule has 0 aliphatic heterocycles. The number of carbonyl (C=O) groups excluding carboxylic acids is 1. The summed E-state index contributed by atoms with van der Waals surface area (Å²) in [5.41, 5.74) is -0.301. The molecule has 0 bridgehead atoms. The molecule has 1 amide bonds. The Morgan fingerprint density at radius 2 is 1.67 bits per heavy atom. The highest BCUT2D eigenvalue weighted by atomic mass is 79.9. The quantitative estimate of drug-likeness (QED) is 0.777. The molecule has 1 fully saturated rings. The van der Waals surface area contributed by atoms with Gasteiger partial charge in [0, 0.05) is 21.1 Å². The summed E-state index contributed by atoms with van der Waals surface area (Å²) in [5.74, 6) is -1.05. The topological polar surface area (TPSA) is 66.4 Å². The van der Waals surface area contributed by atoms with Gasteiger partial charge in [0.05, 0.1) is 5.41 Å². The molecule has 0 saturated heterocycles.